The first kappa shape index (κ1) is 26.8. The van der Waals surface area contributed by atoms with E-state index >= 15 is 0 Å². The summed E-state index contributed by atoms with van der Waals surface area (Å²) in [5, 5.41) is 1.44. The van der Waals surface area contributed by atoms with E-state index in [1.54, 1.807) is 0 Å². The van der Waals surface area contributed by atoms with Crippen LogP contribution in [0.4, 0.5) is 0 Å². The Labute approximate surface area is 221 Å². The molecule has 3 heteroatoms. The van der Waals surface area contributed by atoms with Crippen molar-refractivity contribution in [3.63, 3.8) is 0 Å². The maximum absolute atomic E-state index is 6.57. The summed E-state index contributed by atoms with van der Waals surface area (Å²) < 4.78 is 6.57. The van der Waals surface area contributed by atoms with Crippen LogP contribution in [0.2, 0.25) is 13.1 Å². The second-order valence-electron chi connectivity index (χ2n) is 13.4. The predicted molar refractivity (Wildman–Crippen MR) is 159 cm³/mol. The van der Waals surface area contributed by atoms with Crippen molar-refractivity contribution >= 4 is 19.0 Å². The number of nitrogens with zero attached hydrogens (tertiary/aromatic N) is 1. The van der Waals surface area contributed by atoms with E-state index in [9.17, 15) is 0 Å². The minimum Gasteiger partial charge on any atom is -0.489 e. The van der Waals surface area contributed by atoms with E-state index in [0.29, 0.717) is 12.1 Å². The van der Waals surface area contributed by atoms with Crippen molar-refractivity contribution < 1.29 is 4.74 Å². The van der Waals surface area contributed by atoms with Gasteiger partial charge in [0.2, 0.25) is 0 Å². The van der Waals surface area contributed by atoms with E-state index in [0.717, 1.165) is 5.75 Å². The Morgan fingerprint density at radius 1 is 0.972 bits per heavy atom. The number of allylic oxidation sites excluding steroid dienone is 1. The molecule has 36 heavy (non-hydrogen) atoms. The Kier molecular flexibility index (Phi) is 7.36. The first-order chi connectivity index (χ1) is 16.9. The Hall–Kier alpha value is -2.26. The van der Waals surface area contributed by atoms with Crippen molar-refractivity contribution in [2.75, 3.05) is 19.7 Å². The molecule has 1 heterocycles. The van der Waals surface area contributed by atoms with Crippen LogP contribution in [0, 0.1) is 0 Å². The average molecular weight is 502 g/mol. The van der Waals surface area contributed by atoms with Crippen molar-refractivity contribution in [3.8, 4) is 5.75 Å². The number of rotatable bonds is 6. The number of benzene rings is 2. The van der Waals surface area contributed by atoms with Crippen LogP contribution in [0.1, 0.15) is 88.6 Å². The van der Waals surface area contributed by atoms with Gasteiger partial charge in [-0.25, -0.2) is 0 Å². The van der Waals surface area contributed by atoms with Crippen molar-refractivity contribution in [1.82, 2.24) is 4.90 Å². The standard InChI is InChI=1S/C33H47NOSi/c1-10-20-35-31-27(33(5,6)7)21-24(32(2,3)4)22-30(31)36(8,9)29-23-28(34-18-14-11-15-19-34)25-16-12-13-17-26(25)29/h10,12-13,16-17,21-23,29H,1,11,14-15,18-20H2,2-9H3. The Morgan fingerprint density at radius 2 is 1.64 bits per heavy atom. The maximum Gasteiger partial charge on any atom is 0.122 e. The molecular weight excluding hydrogens is 454 g/mol. The molecule has 0 bridgehead atoms. The molecule has 1 unspecified atom stereocenters. The van der Waals surface area contributed by atoms with Crippen LogP contribution in [-0.2, 0) is 10.8 Å². The lowest BCUT2D eigenvalue weighted by Crippen LogP contribution is -2.48. The second kappa shape index (κ2) is 9.89. The summed E-state index contributed by atoms with van der Waals surface area (Å²) in [4.78, 5) is 2.65. The van der Waals surface area contributed by atoms with E-state index in [-0.39, 0.29) is 10.8 Å². The molecule has 1 fully saturated rings. The van der Waals surface area contributed by atoms with E-state index in [2.05, 4.69) is 109 Å². The van der Waals surface area contributed by atoms with Gasteiger partial charge < -0.3 is 9.64 Å². The SMILES string of the molecule is C=CCOc1c(C(C)(C)C)cc(C(C)(C)C)cc1[Si](C)(C)C1C=C(N2CCCCC2)c2ccccc21. The van der Waals surface area contributed by atoms with Crippen LogP contribution >= 0.6 is 0 Å². The van der Waals surface area contributed by atoms with Gasteiger partial charge in [0.15, 0.2) is 0 Å². The van der Waals surface area contributed by atoms with Gasteiger partial charge in [0.25, 0.3) is 0 Å². The van der Waals surface area contributed by atoms with Gasteiger partial charge in [-0.3, -0.25) is 0 Å². The molecule has 1 aliphatic carbocycles. The number of hydrogen-bond acceptors (Lipinski definition) is 2. The molecule has 4 rings (SSSR count). The fourth-order valence-corrected chi connectivity index (χ4v) is 9.17. The minimum absolute atomic E-state index is 0.0145. The van der Waals surface area contributed by atoms with E-state index < -0.39 is 8.07 Å². The lowest BCUT2D eigenvalue weighted by molar-refractivity contribution is 0.326. The maximum atomic E-state index is 6.57. The number of piperidine rings is 1. The summed E-state index contributed by atoms with van der Waals surface area (Å²) in [6.45, 7) is 25.9. The first-order valence-corrected chi connectivity index (χ1v) is 16.9. The van der Waals surface area contributed by atoms with E-state index in [1.807, 2.05) is 6.08 Å². The van der Waals surface area contributed by atoms with E-state index in [1.165, 1.54) is 65.5 Å². The van der Waals surface area contributed by atoms with Gasteiger partial charge in [0.05, 0.1) is 8.07 Å². The number of fused-ring (bicyclic) bond motifs is 1. The molecule has 0 saturated carbocycles. The van der Waals surface area contributed by atoms with Gasteiger partial charge in [-0.15, -0.1) is 0 Å². The summed E-state index contributed by atoms with van der Waals surface area (Å²) in [6.07, 6.45) is 8.45. The molecule has 2 nitrogen and oxygen atoms in total. The van der Waals surface area contributed by atoms with Crippen molar-refractivity contribution in [1.29, 1.82) is 0 Å². The fraction of sp³-hybridized carbons (Fsp3) is 0.515. The third kappa shape index (κ3) is 5.09. The predicted octanol–water partition coefficient (Wildman–Crippen LogP) is 7.93. The van der Waals surface area contributed by atoms with Crippen LogP contribution in [-0.4, -0.2) is 32.7 Å². The second-order valence-corrected chi connectivity index (χ2v) is 18.0. The van der Waals surface area contributed by atoms with Crippen LogP contribution in [0.5, 0.6) is 5.75 Å². The normalized spacial score (nSPS) is 18.6. The van der Waals surface area contributed by atoms with Gasteiger partial charge >= 0.3 is 0 Å². The van der Waals surface area contributed by atoms with Crippen LogP contribution in [0.15, 0.2) is 55.1 Å². The highest BCUT2D eigenvalue weighted by atomic mass is 28.3. The molecule has 0 amide bonds. The van der Waals surface area contributed by atoms with Crippen LogP contribution in [0.25, 0.3) is 5.70 Å². The number of hydrogen-bond donors (Lipinski definition) is 0. The minimum atomic E-state index is -2.08. The van der Waals surface area contributed by atoms with Crippen LogP contribution < -0.4 is 9.92 Å². The van der Waals surface area contributed by atoms with Gasteiger partial charge in [0.1, 0.15) is 12.4 Å². The highest BCUT2D eigenvalue weighted by Crippen LogP contribution is 2.45. The van der Waals surface area contributed by atoms with E-state index in [4.69, 9.17) is 4.74 Å². The average Bonchev–Trinajstić information content (AvgIpc) is 3.22. The molecule has 1 aliphatic heterocycles. The molecule has 1 saturated heterocycles. The van der Waals surface area contributed by atoms with Crippen LogP contribution in [0.3, 0.4) is 0 Å². The molecule has 2 aromatic rings. The Morgan fingerprint density at radius 3 is 2.25 bits per heavy atom. The summed E-state index contributed by atoms with van der Waals surface area (Å²) in [6, 6.07) is 14.1. The summed E-state index contributed by atoms with van der Waals surface area (Å²) in [7, 11) is -2.08. The van der Waals surface area contributed by atoms with Gasteiger partial charge in [0, 0.05) is 29.9 Å². The molecule has 0 spiro atoms. The van der Waals surface area contributed by atoms with Gasteiger partial charge in [-0.05, 0) is 52.0 Å². The molecule has 1 atom stereocenters. The quantitative estimate of drug-likeness (QED) is 0.294. The Bertz CT molecular complexity index is 1140. The summed E-state index contributed by atoms with van der Waals surface area (Å²) >= 11 is 0. The molecule has 0 N–H and O–H groups in total. The molecular formula is C33H47NOSi. The third-order valence-corrected chi connectivity index (χ3v) is 12.0. The monoisotopic (exact) mass is 501 g/mol. The topological polar surface area (TPSA) is 12.5 Å². The molecule has 194 valence electrons. The largest absolute Gasteiger partial charge is 0.489 e. The highest BCUT2D eigenvalue weighted by Gasteiger charge is 2.43. The molecule has 2 aliphatic rings. The first-order valence-electron chi connectivity index (χ1n) is 13.8. The Balaban J connectivity index is 1.93. The van der Waals surface area contributed by atoms with Crippen molar-refractivity contribution in [2.24, 2.45) is 0 Å². The highest BCUT2D eigenvalue weighted by molar-refractivity contribution is 6.92. The van der Waals surface area contributed by atoms with Crippen molar-refractivity contribution in [3.05, 3.63) is 77.4 Å². The zero-order valence-corrected chi connectivity index (χ0v) is 25.0. The smallest absolute Gasteiger partial charge is 0.122 e. The lowest BCUT2D eigenvalue weighted by atomic mass is 9.80. The van der Waals surface area contributed by atoms with Gasteiger partial charge in [-0.1, -0.05) is 110 Å². The third-order valence-electron chi connectivity index (χ3n) is 8.17. The molecule has 0 radical (unpaired) electrons. The number of likely N-dealkylation sites (tertiary alicyclic amines) is 1. The molecule has 0 aromatic heterocycles. The lowest BCUT2D eigenvalue weighted by Gasteiger charge is -2.36. The van der Waals surface area contributed by atoms with Gasteiger partial charge in [-0.2, -0.15) is 0 Å². The summed E-state index contributed by atoms with van der Waals surface area (Å²) in [5.74, 6) is 1.10. The van der Waals surface area contributed by atoms with Crippen molar-refractivity contribution in [2.45, 2.75) is 90.3 Å². The fourth-order valence-electron chi connectivity index (χ4n) is 5.91. The molecule has 2 aromatic carbocycles. The zero-order valence-electron chi connectivity index (χ0n) is 24.0. The summed E-state index contributed by atoms with van der Waals surface area (Å²) in [5.41, 5.74) is 7.61. The zero-order chi connectivity index (χ0) is 26.3. The number of ether oxygens (including phenoxy) is 1.